The quantitative estimate of drug-likeness (QED) is 0.473. The van der Waals surface area contributed by atoms with Crippen molar-refractivity contribution in [1.29, 1.82) is 0 Å². The molecule has 1 N–H and O–H groups in total. The summed E-state index contributed by atoms with van der Waals surface area (Å²) in [6, 6.07) is 16.5. The van der Waals surface area contributed by atoms with Crippen LogP contribution in [0, 0.1) is 6.92 Å². The molecule has 3 aromatic carbocycles. The van der Waals surface area contributed by atoms with Crippen LogP contribution in [0.1, 0.15) is 5.56 Å². The van der Waals surface area contributed by atoms with Crippen molar-refractivity contribution in [1.82, 2.24) is 0 Å². The Morgan fingerprint density at radius 3 is 2.39 bits per heavy atom. The fourth-order valence-electron chi connectivity index (χ4n) is 3.09. The van der Waals surface area contributed by atoms with E-state index >= 15 is 0 Å². The van der Waals surface area contributed by atoms with Gasteiger partial charge in [0.2, 0.25) is 0 Å². The monoisotopic (exact) mass is 232 g/mol. The van der Waals surface area contributed by atoms with Crippen molar-refractivity contribution in [2.24, 2.45) is 0 Å². The molecule has 18 heavy (non-hydrogen) atoms. The highest BCUT2D eigenvalue weighted by Gasteiger charge is 2.23. The van der Waals surface area contributed by atoms with E-state index in [1.807, 2.05) is 18.2 Å². The predicted molar refractivity (Wildman–Crippen MR) is 74.8 cm³/mol. The van der Waals surface area contributed by atoms with Gasteiger partial charge in [0.05, 0.1) is 0 Å². The number of hydrogen-bond donors (Lipinski definition) is 1. The maximum Gasteiger partial charge on any atom is 0.123 e. The smallest absolute Gasteiger partial charge is 0.123 e. The van der Waals surface area contributed by atoms with Gasteiger partial charge in [0.25, 0.3) is 0 Å². The van der Waals surface area contributed by atoms with Gasteiger partial charge in [0.15, 0.2) is 0 Å². The van der Waals surface area contributed by atoms with Crippen molar-refractivity contribution in [3.8, 4) is 28.0 Å². The first-order chi connectivity index (χ1) is 8.77. The number of aryl methyl sites for hydroxylation is 1. The Labute approximate surface area is 105 Å². The molecule has 0 spiro atoms. The molecule has 0 atom stereocenters. The lowest BCUT2D eigenvalue weighted by atomic mass is 9.98. The number of fused-ring (bicyclic) bond motifs is 3. The van der Waals surface area contributed by atoms with Crippen LogP contribution in [0.15, 0.2) is 48.5 Å². The fraction of sp³-hybridized carbons (Fsp3) is 0.0588. The summed E-state index contributed by atoms with van der Waals surface area (Å²) in [5.74, 6) is 0.376. The summed E-state index contributed by atoms with van der Waals surface area (Å²) in [7, 11) is 0. The minimum atomic E-state index is 0.376. The Bertz CT molecular complexity index is 800. The van der Waals surface area contributed by atoms with Crippen LogP contribution in [-0.4, -0.2) is 5.11 Å². The van der Waals surface area contributed by atoms with Crippen LogP contribution in [0.4, 0.5) is 0 Å². The largest absolute Gasteiger partial charge is 0.507 e. The summed E-state index contributed by atoms with van der Waals surface area (Å²) < 4.78 is 0. The van der Waals surface area contributed by atoms with Crippen molar-refractivity contribution in [3.05, 3.63) is 54.1 Å². The third kappa shape index (κ3) is 1.02. The van der Waals surface area contributed by atoms with Crippen LogP contribution in [0.2, 0.25) is 0 Å². The second-order valence-electron chi connectivity index (χ2n) is 4.86. The highest BCUT2D eigenvalue weighted by molar-refractivity contribution is 6.17. The van der Waals surface area contributed by atoms with Crippen LogP contribution in [0.3, 0.4) is 0 Å². The van der Waals surface area contributed by atoms with Crippen molar-refractivity contribution in [2.75, 3.05) is 0 Å². The van der Waals surface area contributed by atoms with Crippen LogP contribution in [0.25, 0.3) is 33.0 Å². The lowest BCUT2D eigenvalue weighted by Gasteiger charge is -2.08. The van der Waals surface area contributed by atoms with E-state index in [1.54, 1.807) is 0 Å². The van der Waals surface area contributed by atoms with E-state index in [1.165, 1.54) is 27.6 Å². The number of hydrogen-bond acceptors (Lipinski definition) is 1. The van der Waals surface area contributed by atoms with Gasteiger partial charge < -0.3 is 5.11 Å². The highest BCUT2D eigenvalue weighted by Crippen LogP contribution is 2.50. The molecule has 0 bridgehead atoms. The summed E-state index contributed by atoms with van der Waals surface area (Å²) in [6.45, 7) is 2.06. The standard InChI is InChI=1S/C17H12O/c1-10-9-15(18)14-8-4-7-13-11-5-2-3-6-12(11)16(10)17(13)14/h2-9,18H,1H3. The number of benzene rings is 3. The molecule has 86 valence electrons. The van der Waals surface area contributed by atoms with Gasteiger partial charge in [0, 0.05) is 10.8 Å². The predicted octanol–water partition coefficient (Wildman–Crippen LogP) is 4.50. The second kappa shape index (κ2) is 3.14. The number of rotatable bonds is 0. The minimum Gasteiger partial charge on any atom is -0.507 e. The molecule has 0 radical (unpaired) electrons. The van der Waals surface area contributed by atoms with Crippen LogP contribution in [0.5, 0.6) is 5.75 Å². The maximum absolute atomic E-state index is 10.1. The van der Waals surface area contributed by atoms with Crippen LogP contribution < -0.4 is 0 Å². The summed E-state index contributed by atoms with van der Waals surface area (Å²) >= 11 is 0. The first-order valence-electron chi connectivity index (χ1n) is 6.12. The molecule has 1 aliphatic carbocycles. The lowest BCUT2D eigenvalue weighted by molar-refractivity contribution is 0.481. The molecule has 0 aliphatic heterocycles. The molecule has 0 saturated carbocycles. The van der Waals surface area contributed by atoms with Crippen molar-refractivity contribution >= 4 is 10.8 Å². The zero-order valence-electron chi connectivity index (χ0n) is 10.1. The molecule has 0 heterocycles. The summed E-state index contributed by atoms with van der Waals surface area (Å²) in [5.41, 5.74) is 6.19. The van der Waals surface area contributed by atoms with Gasteiger partial charge in [-0.1, -0.05) is 42.5 Å². The molecule has 1 heteroatoms. The zero-order chi connectivity index (χ0) is 12.3. The van der Waals surface area contributed by atoms with Gasteiger partial charge in [-0.2, -0.15) is 0 Å². The molecule has 3 aromatic rings. The number of phenolic OH excluding ortho intramolecular Hbond substituents is 1. The summed E-state index contributed by atoms with van der Waals surface area (Å²) in [6.07, 6.45) is 0. The number of aromatic hydroxyl groups is 1. The Balaban J connectivity index is 2.33. The van der Waals surface area contributed by atoms with Crippen molar-refractivity contribution in [3.63, 3.8) is 0 Å². The summed E-state index contributed by atoms with van der Waals surface area (Å²) in [5, 5.41) is 12.2. The van der Waals surface area contributed by atoms with E-state index < -0.39 is 0 Å². The zero-order valence-corrected chi connectivity index (χ0v) is 10.1. The molecule has 0 amide bonds. The number of phenols is 1. The Hall–Kier alpha value is -2.28. The Morgan fingerprint density at radius 2 is 1.56 bits per heavy atom. The average Bonchev–Trinajstić information content (AvgIpc) is 2.72. The molecule has 0 fully saturated rings. The first kappa shape index (κ1) is 9.72. The molecule has 4 rings (SSSR count). The van der Waals surface area contributed by atoms with E-state index in [0.717, 1.165) is 10.9 Å². The normalized spacial score (nSPS) is 11.8. The highest BCUT2D eigenvalue weighted by atomic mass is 16.3. The second-order valence-corrected chi connectivity index (χ2v) is 4.86. The first-order valence-corrected chi connectivity index (χ1v) is 6.12. The van der Waals surface area contributed by atoms with E-state index in [0.29, 0.717) is 5.75 Å². The lowest BCUT2D eigenvalue weighted by Crippen LogP contribution is -1.82. The van der Waals surface area contributed by atoms with Gasteiger partial charge in [-0.15, -0.1) is 0 Å². The van der Waals surface area contributed by atoms with E-state index in [-0.39, 0.29) is 0 Å². The summed E-state index contributed by atoms with van der Waals surface area (Å²) in [4.78, 5) is 0. The molecular formula is C17H12O. The topological polar surface area (TPSA) is 20.2 Å². The van der Waals surface area contributed by atoms with Crippen LogP contribution >= 0.6 is 0 Å². The molecule has 0 aromatic heterocycles. The fourth-order valence-corrected chi connectivity index (χ4v) is 3.09. The Kier molecular flexibility index (Phi) is 1.69. The van der Waals surface area contributed by atoms with Gasteiger partial charge in [-0.3, -0.25) is 0 Å². The van der Waals surface area contributed by atoms with Gasteiger partial charge in [0.1, 0.15) is 5.75 Å². The van der Waals surface area contributed by atoms with Gasteiger partial charge >= 0.3 is 0 Å². The maximum atomic E-state index is 10.1. The van der Waals surface area contributed by atoms with Crippen molar-refractivity contribution < 1.29 is 5.11 Å². The van der Waals surface area contributed by atoms with E-state index in [9.17, 15) is 5.11 Å². The third-order valence-corrected chi connectivity index (χ3v) is 3.82. The van der Waals surface area contributed by atoms with Gasteiger partial charge in [-0.05, 0) is 40.8 Å². The SMILES string of the molecule is Cc1cc(O)c2cccc3c2c1-c1ccccc1-3. The van der Waals surface area contributed by atoms with Gasteiger partial charge in [-0.25, -0.2) is 0 Å². The molecule has 1 nitrogen and oxygen atoms in total. The Morgan fingerprint density at radius 1 is 0.833 bits per heavy atom. The van der Waals surface area contributed by atoms with Crippen LogP contribution in [-0.2, 0) is 0 Å². The van der Waals surface area contributed by atoms with Crippen molar-refractivity contribution in [2.45, 2.75) is 6.92 Å². The molecular weight excluding hydrogens is 220 g/mol. The third-order valence-electron chi connectivity index (χ3n) is 3.82. The minimum absolute atomic E-state index is 0.376. The van der Waals surface area contributed by atoms with E-state index in [2.05, 4.69) is 37.3 Å². The average molecular weight is 232 g/mol. The molecule has 0 unspecified atom stereocenters. The van der Waals surface area contributed by atoms with E-state index in [4.69, 9.17) is 0 Å². The molecule has 0 saturated heterocycles. The molecule has 1 aliphatic rings.